The summed E-state index contributed by atoms with van der Waals surface area (Å²) in [5, 5.41) is 2.75. The third-order valence-corrected chi connectivity index (χ3v) is 7.84. The number of hydrogen-bond donors (Lipinski definition) is 1. The first-order chi connectivity index (χ1) is 12.5. The molecule has 6 nitrogen and oxygen atoms in total. The molecular weight excluding hydrogens is 350 g/mol. The third kappa shape index (κ3) is 3.69. The number of sulfonamides is 1. The largest absolute Gasteiger partial charge is 0.348 e. The molecule has 0 aromatic carbocycles. The Labute approximate surface area is 154 Å². The average molecular weight is 375 g/mol. The molecule has 2 heterocycles. The van der Waals surface area contributed by atoms with Crippen molar-refractivity contribution in [2.24, 2.45) is 0 Å². The Morgan fingerprint density at radius 1 is 1.15 bits per heavy atom. The van der Waals surface area contributed by atoms with Gasteiger partial charge in [0.05, 0.1) is 10.9 Å². The highest BCUT2D eigenvalue weighted by molar-refractivity contribution is 7.89. The fraction of sp³-hybridized carbons (Fsp3) is 0.579. The van der Waals surface area contributed by atoms with Gasteiger partial charge in [0.2, 0.25) is 10.0 Å². The van der Waals surface area contributed by atoms with Gasteiger partial charge in [0, 0.05) is 19.1 Å². The van der Waals surface area contributed by atoms with Crippen LogP contribution in [-0.2, 0) is 10.0 Å². The first-order valence-corrected chi connectivity index (χ1v) is 11.0. The Morgan fingerprint density at radius 3 is 2.58 bits per heavy atom. The number of nitrogens with zero attached hydrogens (tertiary/aromatic N) is 2. The van der Waals surface area contributed by atoms with Crippen molar-refractivity contribution in [3.63, 3.8) is 0 Å². The van der Waals surface area contributed by atoms with Crippen LogP contribution in [-0.4, -0.2) is 48.0 Å². The van der Waals surface area contributed by atoms with Crippen LogP contribution in [0.4, 0.5) is 0 Å². The molecule has 0 radical (unpaired) electrons. The average Bonchev–Trinajstić information content (AvgIpc) is 3.29. The predicted molar refractivity (Wildman–Crippen MR) is 100 cm³/mol. The summed E-state index contributed by atoms with van der Waals surface area (Å²) in [5.41, 5.74) is 2.21. The van der Waals surface area contributed by atoms with E-state index in [0.717, 1.165) is 49.8 Å². The van der Waals surface area contributed by atoms with Crippen LogP contribution < -0.4 is 5.32 Å². The molecule has 0 saturated heterocycles. The molecule has 1 N–H and O–H groups in total. The van der Waals surface area contributed by atoms with E-state index in [1.54, 1.807) is 10.4 Å². The zero-order chi connectivity index (χ0) is 18.1. The Bertz CT molecular complexity index is 824. The minimum absolute atomic E-state index is 0.129. The normalized spacial score (nSPS) is 22.2. The molecule has 1 amide bonds. The Morgan fingerprint density at radius 2 is 1.92 bits per heavy atom. The van der Waals surface area contributed by atoms with Crippen molar-refractivity contribution in [3.8, 4) is 0 Å². The SMILES string of the molecule is O=C(NC1CC1)c1cccc(C2=CCN(S(=O)(=O)C3CCCC3)CC2)n1. The summed E-state index contributed by atoms with van der Waals surface area (Å²) >= 11 is 0. The van der Waals surface area contributed by atoms with Crippen LogP contribution in [0.5, 0.6) is 0 Å². The first kappa shape index (κ1) is 17.7. The van der Waals surface area contributed by atoms with E-state index < -0.39 is 10.0 Å². The third-order valence-electron chi connectivity index (χ3n) is 5.48. The molecule has 2 fully saturated rings. The van der Waals surface area contributed by atoms with Gasteiger partial charge in [-0.05, 0) is 49.8 Å². The molecule has 0 unspecified atom stereocenters. The van der Waals surface area contributed by atoms with Crippen molar-refractivity contribution in [2.75, 3.05) is 13.1 Å². The molecule has 140 valence electrons. The summed E-state index contributed by atoms with van der Waals surface area (Å²) < 4.78 is 27.0. The van der Waals surface area contributed by atoms with Gasteiger partial charge in [-0.1, -0.05) is 25.0 Å². The summed E-state index contributed by atoms with van der Waals surface area (Å²) in [6.45, 7) is 0.888. The topological polar surface area (TPSA) is 79.4 Å². The van der Waals surface area contributed by atoms with E-state index in [1.807, 2.05) is 18.2 Å². The first-order valence-electron chi connectivity index (χ1n) is 9.50. The van der Waals surface area contributed by atoms with E-state index in [1.165, 1.54) is 0 Å². The number of hydrogen-bond acceptors (Lipinski definition) is 4. The second-order valence-corrected chi connectivity index (χ2v) is 9.66. The van der Waals surface area contributed by atoms with Crippen molar-refractivity contribution in [1.29, 1.82) is 0 Å². The minimum Gasteiger partial charge on any atom is -0.348 e. The standard InChI is InChI=1S/C19H25N3O3S/c23-19(20-15-8-9-15)18-7-3-6-17(21-18)14-10-12-22(13-11-14)26(24,25)16-4-1-2-5-16/h3,6-7,10,15-16H,1-2,4-5,8-9,11-13H2,(H,20,23). The van der Waals surface area contributed by atoms with Crippen LogP contribution in [0, 0.1) is 0 Å². The van der Waals surface area contributed by atoms with Gasteiger partial charge in [-0.25, -0.2) is 13.4 Å². The van der Waals surface area contributed by atoms with Gasteiger partial charge in [0.15, 0.2) is 0 Å². The molecule has 0 bridgehead atoms. The lowest BCUT2D eigenvalue weighted by atomic mass is 10.1. The number of carbonyl (C=O) groups excluding carboxylic acids is 1. The van der Waals surface area contributed by atoms with E-state index in [0.29, 0.717) is 31.2 Å². The van der Waals surface area contributed by atoms with Gasteiger partial charge < -0.3 is 5.32 Å². The molecule has 7 heteroatoms. The molecule has 1 aromatic rings. The molecule has 3 aliphatic rings. The lowest BCUT2D eigenvalue weighted by molar-refractivity contribution is 0.0946. The fourth-order valence-electron chi connectivity index (χ4n) is 3.74. The van der Waals surface area contributed by atoms with Crippen LogP contribution in [0.3, 0.4) is 0 Å². The monoisotopic (exact) mass is 375 g/mol. The Kier molecular flexibility index (Phi) is 4.84. The number of pyridine rings is 1. The van der Waals surface area contributed by atoms with E-state index in [-0.39, 0.29) is 11.2 Å². The molecule has 2 aliphatic carbocycles. The van der Waals surface area contributed by atoms with Crippen molar-refractivity contribution in [1.82, 2.24) is 14.6 Å². The molecular formula is C19H25N3O3S. The zero-order valence-corrected chi connectivity index (χ0v) is 15.7. The molecule has 0 atom stereocenters. The molecule has 1 aliphatic heterocycles. The fourth-order valence-corrected chi connectivity index (χ4v) is 5.72. The Balaban J connectivity index is 1.46. The van der Waals surface area contributed by atoms with Gasteiger partial charge in [-0.15, -0.1) is 0 Å². The summed E-state index contributed by atoms with van der Waals surface area (Å²) in [4.78, 5) is 16.7. The molecule has 2 saturated carbocycles. The van der Waals surface area contributed by atoms with Crippen LogP contribution in [0.25, 0.3) is 5.57 Å². The highest BCUT2D eigenvalue weighted by atomic mass is 32.2. The van der Waals surface area contributed by atoms with Crippen LogP contribution in [0.1, 0.15) is 61.1 Å². The predicted octanol–water partition coefficient (Wildman–Crippen LogP) is 2.34. The van der Waals surface area contributed by atoms with E-state index in [4.69, 9.17) is 0 Å². The molecule has 1 aromatic heterocycles. The zero-order valence-electron chi connectivity index (χ0n) is 14.9. The summed E-state index contributed by atoms with van der Waals surface area (Å²) in [6.07, 6.45) is 8.26. The molecule has 26 heavy (non-hydrogen) atoms. The molecule has 4 rings (SSSR count). The van der Waals surface area contributed by atoms with E-state index >= 15 is 0 Å². The van der Waals surface area contributed by atoms with E-state index in [9.17, 15) is 13.2 Å². The van der Waals surface area contributed by atoms with Crippen LogP contribution in [0.15, 0.2) is 24.3 Å². The maximum absolute atomic E-state index is 12.7. The highest BCUT2D eigenvalue weighted by Crippen LogP contribution is 2.30. The second kappa shape index (κ2) is 7.12. The van der Waals surface area contributed by atoms with E-state index in [2.05, 4.69) is 10.3 Å². The maximum atomic E-state index is 12.7. The van der Waals surface area contributed by atoms with Gasteiger partial charge in [0.1, 0.15) is 5.69 Å². The summed E-state index contributed by atoms with van der Waals surface area (Å²) in [7, 11) is -3.19. The number of amides is 1. The minimum atomic E-state index is -3.19. The Hall–Kier alpha value is -1.73. The smallest absolute Gasteiger partial charge is 0.270 e. The van der Waals surface area contributed by atoms with Crippen LogP contribution >= 0.6 is 0 Å². The number of carbonyl (C=O) groups is 1. The highest BCUT2D eigenvalue weighted by Gasteiger charge is 2.34. The quantitative estimate of drug-likeness (QED) is 0.857. The number of nitrogens with one attached hydrogen (secondary N) is 1. The summed E-state index contributed by atoms with van der Waals surface area (Å²) in [5.74, 6) is -0.129. The maximum Gasteiger partial charge on any atom is 0.270 e. The molecule has 0 spiro atoms. The van der Waals surface area contributed by atoms with Gasteiger partial charge in [0.25, 0.3) is 5.91 Å². The van der Waals surface area contributed by atoms with Crippen molar-refractivity contribution < 1.29 is 13.2 Å². The lowest BCUT2D eigenvalue weighted by Crippen LogP contribution is -2.40. The number of aromatic nitrogens is 1. The number of rotatable bonds is 5. The lowest BCUT2D eigenvalue weighted by Gasteiger charge is -2.28. The van der Waals surface area contributed by atoms with Crippen molar-refractivity contribution >= 4 is 21.5 Å². The van der Waals surface area contributed by atoms with Gasteiger partial charge in [-0.3, -0.25) is 4.79 Å². The van der Waals surface area contributed by atoms with Crippen LogP contribution in [0.2, 0.25) is 0 Å². The van der Waals surface area contributed by atoms with Crippen molar-refractivity contribution in [2.45, 2.75) is 56.2 Å². The van der Waals surface area contributed by atoms with Crippen molar-refractivity contribution in [3.05, 3.63) is 35.7 Å². The summed E-state index contributed by atoms with van der Waals surface area (Å²) in [6, 6.07) is 5.76. The van der Waals surface area contributed by atoms with Gasteiger partial charge in [-0.2, -0.15) is 4.31 Å². The van der Waals surface area contributed by atoms with Gasteiger partial charge >= 0.3 is 0 Å². The second-order valence-electron chi connectivity index (χ2n) is 7.44.